The minimum atomic E-state index is -0.723. The number of rotatable bonds is 5. The maximum Gasteiger partial charge on any atom is 0.233 e. The number of nitrogens with zero attached hydrogens (tertiary/aromatic N) is 3. The summed E-state index contributed by atoms with van der Waals surface area (Å²) >= 11 is 0. The van der Waals surface area contributed by atoms with Gasteiger partial charge >= 0.3 is 0 Å². The van der Waals surface area contributed by atoms with Gasteiger partial charge in [0.1, 0.15) is 0 Å². The molecule has 0 fully saturated rings. The van der Waals surface area contributed by atoms with Gasteiger partial charge in [-0.15, -0.1) is 10.2 Å². The van der Waals surface area contributed by atoms with Gasteiger partial charge in [-0.25, -0.2) is 0 Å². The number of aliphatic hydroxyl groups is 1. The molecule has 0 saturated carbocycles. The molecule has 0 spiro atoms. The Morgan fingerprint density at radius 2 is 2.06 bits per heavy atom. The van der Waals surface area contributed by atoms with E-state index in [0.717, 1.165) is 6.54 Å². The first-order valence-electron chi connectivity index (χ1n) is 5.60. The predicted molar refractivity (Wildman–Crippen MR) is 61.0 cm³/mol. The molecule has 0 aromatic carbocycles. The molecule has 1 aromatic rings. The van der Waals surface area contributed by atoms with Gasteiger partial charge in [0, 0.05) is 13.5 Å². The van der Waals surface area contributed by atoms with E-state index in [4.69, 9.17) is 4.42 Å². The predicted octanol–water partition coefficient (Wildman–Crippen LogP) is 1.53. The smallest absolute Gasteiger partial charge is 0.233 e. The van der Waals surface area contributed by atoms with Crippen molar-refractivity contribution in [2.75, 3.05) is 13.1 Å². The van der Waals surface area contributed by atoms with Crippen LogP contribution in [0.15, 0.2) is 4.42 Å². The SMILES string of the molecule is CCN(CC(C)(C)O)C(C)c1nnc(C)o1. The number of hydrogen-bond acceptors (Lipinski definition) is 5. The van der Waals surface area contributed by atoms with Crippen molar-refractivity contribution in [1.29, 1.82) is 0 Å². The van der Waals surface area contributed by atoms with Gasteiger partial charge in [-0.3, -0.25) is 4.90 Å². The minimum Gasteiger partial charge on any atom is -0.424 e. The third-order valence-electron chi connectivity index (χ3n) is 2.44. The molecule has 1 atom stereocenters. The Labute approximate surface area is 96.5 Å². The quantitative estimate of drug-likeness (QED) is 0.826. The molecule has 0 amide bonds. The van der Waals surface area contributed by atoms with Crippen molar-refractivity contribution in [3.8, 4) is 0 Å². The molecule has 0 bridgehead atoms. The van der Waals surface area contributed by atoms with Crippen LogP contribution in [-0.2, 0) is 0 Å². The van der Waals surface area contributed by atoms with E-state index in [2.05, 4.69) is 15.1 Å². The normalized spacial score (nSPS) is 14.4. The molecule has 0 saturated heterocycles. The Hall–Kier alpha value is -0.940. The Morgan fingerprint density at radius 3 is 2.44 bits per heavy atom. The van der Waals surface area contributed by atoms with Gasteiger partial charge in [0.25, 0.3) is 0 Å². The summed E-state index contributed by atoms with van der Waals surface area (Å²) in [6.45, 7) is 10.8. The zero-order valence-electron chi connectivity index (χ0n) is 10.7. The van der Waals surface area contributed by atoms with E-state index in [0.29, 0.717) is 18.3 Å². The first kappa shape index (κ1) is 13.1. The summed E-state index contributed by atoms with van der Waals surface area (Å²) < 4.78 is 5.40. The average Bonchev–Trinajstić information content (AvgIpc) is 2.58. The molecule has 1 unspecified atom stereocenters. The van der Waals surface area contributed by atoms with Crippen LogP contribution in [0.1, 0.15) is 45.5 Å². The monoisotopic (exact) mass is 227 g/mol. The van der Waals surface area contributed by atoms with Crippen molar-refractivity contribution in [1.82, 2.24) is 15.1 Å². The summed E-state index contributed by atoms with van der Waals surface area (Å²) in [7, 11) is 0. The summed E-state index contributed by atoms with van der Waals surface area (Å²) in [5.41, 5.74) is -0.723. The van der Waals surface area contributed by atoms with E-state index < -0.39 is 5.60 Å². The van der Waals surface area contributed by atoms with E-state index in [-0.39, 0.29) is 6.04 Å². The Bertz CT molecular complexity index is 330. The van der Waals surface area contributed by atoms with Crippen LogP contribution < -0.4 is 0 Å². The molecular weight excluding hydrogens is 206 g/mol. The summed E-state index contributed by atoms with van der Waals surface area (Å²) in [5, 5.41) is 17.6. The van der Waals surface area contributed by atoms with E-state index >= 15 is 0 Å². The molecular formula is C11H21N3O2. The second-order valence-corrected chi connectivity index (χ2v) is 4.71. The maximum absolute atomic E-state index is 9.81. The highest BCUT2D eigenvalue weighted by molar-refractivity contribution is 4.89. The second-order valence-electron chi connectivity index (χ2n) is 4.71. The fourth-order valence-corrected chi connectivity index (χ4v) is 1.66. The van der Waals surface area contributed by atoms with Crippen molar-refractivity contribution < 1.29 is 9.52 Å². The van der Waals surface area contributed by atoms with Crippen LogP contribution in [-0.4, -0.2) is 38.9 Å². The number of likely N-dealkylation sites (N-methyl/N-ethyl adjacent to an activating group) is 1. The molecule has 0 aliphatic heterocycles. The molecule has 5 nitrogen and oxygen atoms in total. The standard InChI is InChI=1S/C11H21N3O2/c1-6-14(7-11(4,5)15)8(2)10-13-12-9(3)16-10/h8,15H,6-7H2,1-5H3. The first-order valence-corrected chi connectivity index (χ1v) is 5.60. The topological polar surface area (TPSA) is 62.4 Å². The average molecular weight is 227 g/mol. The van der Waals surface area contributed by atoms with Crippen LogP contribution in [0.3, 0.4) is 0 Å². The zero-order chi connectivity index (χ0) is 12.3. The highest BCUT2D eigenvalue weighted by Crippen LogP contribution is 2.20. The summed E-state index contributed by atoms with van der Waals surface area (Å²) in [5.74, 6) is 1.17. The van der Waals surface area contributed by atoms with Gasteiger partial charge in [-0.2, -0.15) is 0 Å². The van der Waals surface area contributed by atoms with Crippen molar-refractivity contribution in [2.24, 2.45) is 0 Å². The first-order chi connectivity index (χ1) is 7.33. The minimum absolute atomic E-state index is 0.0256. The fourth-order valence-electron chi connectivity index (χ4n) is 1.66. The van der Waals surface area contributed by atoms with Gasteiger partial charge in [0.2, 0.25) is 11.8 Å². The van der Waals surface area contributed by atoms with Crippen LogP contribution >= 0.6 is 0 Å². The lowest BCUT2D eigenvalue weighted by molar-refractivity contribution is 0.0208. The molecule has 0 radical (unpaired) electrons. The van der Waals surface area contributed by atoms with Gasteiger partial charge in [0.05, 0.1) is 11.6 Å². The van der Waals surface area contributed by atoms with Crippen molar-refractivity contribution in [3.63, 3.8) is 0 Å². The summed E-state index contributed by atoms with van der Waals surface area (Å²) in [6.07, 6.45) is 0. The lowest BCUT2D eigenvalue weighted by Crippen LogP contribution is -2.40. The van der Waals surface area contributed by atoms with E-state index in [1.807, 2.05) is 13.8 Å². The van der Waals surface area contributed by atoms with Gasteiger partial charge in [-0.05, 0) is 27.3 Å². The van der Waals surface area contributed by atoms with E-state index in [1.54, 1.807) is 20.8 Å². The highest BCUT2D eigenvalue weighted by atomic mass is 16.4. The van der Waals surface area contributed by atoms with Gasteiger partial charge in [-0.1, -0.05) is 6.92 Å². The van der Waals surface area contributed by atoms with Crippen LogP contribution in [0.25, 0.3) is 0 Å². The molecule has 0 aliphatic carbocycles. The Morgan fingerprint density at radius 1 is 1.44 bits per heavy atom. The summed E-state index contributed by atoms with van der Waals surface area (Å²) in [6, 6.07) is 0.0256. The highest BCUT2D eigenvalue weighted by Gasteiger charge is 2.25. The molecule has 1 heterocycles. The van der Waals surface area contributed by atoms with E-state index in [1.165, 1.54) is 0 Å². The third kappa shape index (κ3) is 3.57. The van der Waals surface area contributed by atoms with Crippen LogP contribution in [0.2, 0.25) is 0 Å². The lowest BCUT2D eigenvalue weighted by Gasteiger charge is -2.31. The molecule has 16 heavy (non-hydrogen) atoms. The van der Waals surface area contributed by atoms with E-state index in [9.17, 15) is 5.11 Å². The number of aromatic nitrogens is 2. The Balaban J connectivity index is 2.73. The maximum atomic E-state index is 9.81. The van der Waals surface area contributed by atoms with Gasteiger partial charge in [0.15, 0.2) is 0 Å². The summed E-state index contributed by atoms with van der Waals surface area (Å²) in [4.78, 5) is 2.10. The Kier molecular flexibility index (Phi) is 4.04. The van der Waals surface area contributed by atoms with Crippen molar-refractivity contribution >= 4 is 0 Å². The molecule has 92 valence electrons. The van der Waals surface area contributed by atoms with Crippen LogP contribution in [0, 0.1) is 6.92 Å². The third-order valence-corrected chi connectivity index (χ3v) is 2.44. The zero-order valence-corrected chi connectivity index (χ0v) is 10.7. The number of aryl methyl sites for hydroxylation is 1. The number of hydrogen-bond donors (Lipinski definition) is 1. The molecule has 1 N–H and O–H groups in total. The van der Waals surface area contributed by atoms with Crippen LogP contribution in [0.5, 0.6) is 0 Å². The molecule has 1 aromatic heterocycles. The largest absolute Gasteiger partial charge is 0.424 e. The van der Waals surface area contributed by atoms with Crippen LogP contribution in [0.4, 0.5) is 0 Å². The second kappa shape index (κ2) is 4.93. The molecule has 0 aliphatic rings. The van der Waals surface area contributed by atoms with Crippen molar-refractivity contribution in [2.45, 2.75) is 46.3 Å². The fraction of sp³-hybridized carbons (Fsp3) is 0.818. The molecule has 1 rings (SSSR count). The lowest BCUT2D eigenvalue weighted by atomic mass is 10.1. The van der Waals surface area contributed by atoms with Crippen molar-refractivity contribution in [3.05, 3.63) is 11.8 Å². The molecule has 5 heteroatoms. The van der Waals surface area contributed by atoms with Gasteiger partial charge < -0.3 is 9.52 Å².